The van der Waals surface area contributed by atoms with Gasteiger partial charge in [0.25, 0.3) is 8.56 Å². The molecule has 0 aliphatic heterocycles. The van der Waals surface area contributed by atoms with Crippen LogP contribution in [0.3, 0.4) is 0 Å². The van der Waals surface area contributed by atoms with E-state index in [2.05, 4.69) is 70.0 Å². The van der Waals surface area contributed by atoms with E-state index in [0.717, 1.165) is 13.1 Å². The molecule has 21 heavy (non-hydrogen) atoms. The largest absolute Gasteiger partial charge is 0.334 e. The topological polar surface area (TPSA) is 36.1 Å². The van der Waals surface area contributed by atoms with Crippen molar-refractivity contribution in [2.45, 2.75) is 91.4 Å². The van der Waals surface area contributed by atoms with Gasteiger partial charge in [0.15, 0.2) is 0 Å². The second-order valence-electron chi connectivity index (χ2n) is 7.32. The molecule has 0 fully saturated rings. The zero-order valence-electron chi connectivity index (χ0n) is 15.9. The molecule has 0 saturated carbocycles. The maximum Gasteiger partial charge on any atom is 0.280 e. The molecule has 0 bridgehead atoms. The standard InChI is InChI=1S/C16H41N3Si2/c1-9-14-17-21(16(6,7)8,18-15-10-2)19-20(11-3,12-4)13-5/h17-19H,9-15H2,1-8H3. The van der Waals surface area contributed by atoms with E-state index in [4.69, 9.17) is 0 Å². The molecule has 3 N–H and O–H groups in total. The first-order valence-corrected chi connectivity index (χ1v) is 13.7. The minimum Gasteiger partial charge on any atom is -0.334 e. The van der Waals surface area contributed by atoms with Crippen molar-refractivity contribution in [3.8, 4) is 0 Å². The quantitative estimate of drug-likeness (QED) is 0.493. The van der Waals surface area contributed by atoms with Crippen LogP contribution in [-0.4, -0.2) is 29.9 Å². The Morgan fingerprint density at radius 1 is 0.714 bits per heavy atom. The van der Waals surface area contributed by atoms with Crippen LogP contribution >= 0.6 is 0 Å². The molecular formula is C16H41N3Si2. The van der Waals surface area contributed by atoms with Crippen molar-refractivity contribution in [3.63, 3.8) is 0 Å². The van der Waals surface area contributed by atoms with Gasteiger partial charge in [-0.3, -0.25) is 0 Å². The van der Waals surface area contributed by atoms with Crippen LogP contribution < -0.4 is 14.6 Å². The number of nitrogens with one attached hydrogen (secondary N) is 3. The zero-order chi connectivity index (χ0) is 16.6. The molecule has 0 aromatic carbocycles. The maximum atomic E-state index is 4.30. The average Bonchev–Trinajstić information content (AvgIpc) is 2.46. The summed E-state index contributed by atoms with van der Waals surface area (Å²) in [6.07, 6.45) is 2.39. The van der Waals surface area contributed by atoms with Crippen molar-refractivity contribution in [2.75, 3.05) is 13.1 Å². The van der Waals surface area contributed by atoms with Gasteiger partial charge in [-0.05, 0) is 49.1 Å². The Morgan fingerprint density at radius 3 is 1.33 bits per heavy atom. The number of rotatable bonds is 11. The molecule has 0 aliphatic carbocycles. The molecule has 128 valence electrons. The molecule has 0 atom stereocenters. The van der Waals surface area contributed by atoms with Gasteiger partial charge in [-0.1, -0.05) is 55.4 Å². The second-order valence-corrected chi connectivity index (χ2v) is 16.7. The van der Waals surface area contributed by atoms with E-state index >= 15 is 0 Å². The minimum absolute atomic E-state index is 0.259. The van der Waals surface area contributed by atoms with Gasteiger partial charge in [-0.25, -0.2) is 0 Å². The molecule has 0 spiro atoms. The Bertz CT molecular complexity index is 257. The lowest BCUT2D eigenvalue weighted by Crippen LogP contribution is -2.82. The third-order valence-corrected chi connectivity index (χ3v) is 16.4. The Hall–Kier alpha value is 0.314. The van der Waals surface area contributed by atoms with E-state index in [1.54, 1.807) is 0 Å². The van der Waals surface area contributed by atoms with E-state index in [1.165, 1.54) is 31.0 Å². The third-order valence-electron chi connectivity index (χ3n) is 4.89. The molecule has 0 aromatic rings. The van der Waals surface area contributed by atoms with Gasteiger partial charge in [0.2, 0.25) is 0 Å². The van der Waals surface area contributed by atoms with Gasteiger partial charge in [-0.15, -0.1) is 0 Å². The van der Waals surface area contributed by atoms with Gasteiger partial charge < -0.3 is 14.6 Å². The summed E-state index contributed by atoms with van der Waals surface area (Å²) >= 11 is 0. The molecule has 0 aliphatic rings. The highest BCUT2D eigenvalue weighted by molar-refractivity contribution is 6.92. The molecule has 0 unspecified atom stereocenters. The highest BCUT2D eigenvalue weighted by Crippen LogP contribution is 2.33. The lowest BCUT2D eigenvalue weighted by atomic mass is 10.3. The fourth-order valence-electron chi connectivity index (χ4n) is 2.91. The number of hydrogen-bond donors (Lipinski definition) is 3. The van der Waals surface area contributed by atoms with Crippen molar-refractivity contribution in [1.82, 2.24) is 14.6 Å². The van der Waals surface area contributed by atoms with Gasteiger partial charge >= 0.3 is 0 Å². The van der Waals surface area contributed by atoms with Crippen molar-refractivity contribution in [3.05, 3.63) is 0 Å². The molecular weight excluding hydrogens is 290 g/mol. The van der Waals surface area contributed by atoms with Crippen molar-refractivity contribution in [2.24, 2.45) is 0 Å². The van der Waals surface area contributed by atoms with Gasteiger partial charge in [0, 0.05) is 0 Å². The molecule has 0 rings (SSSR count). The minimum atomic E-state index is -1.93. The summed E-state index contributed by atoms with van der Waals surface area (Å²) in [6, 6.07) is 3.98. The smallest absolute Gasteiger partial charge is 0.280 e. The monoisotopic (exact) mass is 331 g/mol. The van der Waals surface area contributed by atoms with Crippen molar-refractivity contribution in [1.29, 1.82) is 0 Å². The Kier molecular flexibility index (Phi) is 9.59. The van der Waals surface area contributed by atoms with Crippen molar-refractivity contribution < 1.29 is 0 Å². The van der Waals surface area contributed by atoms with Gasteiger partial charge in [-0.2, -0.15) is 0 Å². The highest BCUT2D eigenvalue weighted by Gasteiger charge is 2.49. The lowest BCUT2D eigenvalue weighted by molar-refractivity contribution is 0.611. The van der Waals surface area contributed by atoms with Crippen LogP contribution in [0.4, 0.5) is 0 Å². The molecule has 3 nitrogen and oxygen atoms in total. The Labute approximate surface area is 136 Å². The lowest BCUT2D eigenvalue weighted by Gasteiger charge is -2.49. The van der Waals surface area contributed by atoms with Crippen LogP contribution in [-0.2, 0) is 0 Å². The van der Waals surface area contributed by atoms with Crippen LogP contribution in [0.25, 0.3) is 0 Å². The normalized spacial score (nSPS) is 13.7. The van der Waals surface area contributed by atoms with Gasteiger partial charge in [0.1, 0.15) is 8.24 Å². The van der Waals surface area contributed by atoms with E-state index in [9.17, 15) is 0 Å². The molecule has 0 saturated heterocycles. The first-order chi connectivity index (χ1) is 9.76. The molecule has 0 aromatic heterocycles. The first kappa shape index (κ1) is 21.3. The Balaban J connectivity index is 5.51. The van der Waals surface area contributed by atoms with E-state index in [1.807, 2.05) is 0 Å². The van der Waals surface area contributed by atoms with Crippen LogP contribution in [0, 0.1) is 0 Å². The summed E-state index contributed by atoms with van der Waals surface area (Å²) in [6.45, 7) is 21.1. The Morgan fingerprint density at radius 2 is 1.10 bits per heavy atom. The summed E-state index contributed by atoms with van der Waals surface area (Å²) in [5, 5.41) is 0.259. The van der Waals surface area contributed by atoms with Crippen LogP contribution in [0.1, 0.15) is 68.2 Å². The summed E-state index contributed by atoms with van der Waals surface area (Å²) in [5.74, 6) is 0. The van der Waals surface area contributed by atoms with Crippen LogP contribution in [0.2, 0.25) is 23.2 Å². The SMILES string of the molecule is CCCN[Si](NCCC)(N[Si](CC)(CC)CC)C(C)(C)C. The van der Waals surface area contributed by atoms with Gasteiger partial charge in [0.05, 0.1) is 0 Å². The fourth-order valence-corrected chi connectivity index (χ4v) is 14.4. The molecule has 0 heterocycles. The summed E-state index contributed by atoms with van der Waals surface area (Å²) in [5.41, 5.74) is 0. The van der Waals surface area contributed by atoms with Crippen LogP contribution in [0.5, 0.6) is 0 Å². The van der Waals surface area contributed by atoms with E-state index in [0.29, 0.717) is 0 Å². The summed E-state index contributed by atoms with van der Waals surface area (Å²) in [7, 11) is -3.30. The maximum absolute atomic E-state index is 4.30. The molecule has 0 amide bonds. The summed E-state index contributed by atoms with van der Waals surface area (Å²) in [4.78, 5) is 7.93. The summed E-state index contributed by atoms with van der Waals surface area (Å²) < 4.78 is 4.30. The molecule has 5 heteroatoms. The fraction of sp³-hybridized carbons (Fsp3) is 1.00. The highest BCUT2D eigenvalue weighted by atomic mass is 28.4. The third kappa shape index (κ3) is 5.79. The van der Waals surface area contributed by atoms with E-state index in [-0.39, 0.29) is 5.04 Å². The zero-order valence-corrected chi connectivity index (χ0v) is 17.9. The second kappa shape index (κ2) is 9.45. The predicted molar refractivity (Wildman–Crippen MR) is 102 cm³/mol. The molecule has 0 radical (unpaired) electrons. The van der Waals surface area contributed by atoms with Crippen molar-refractivity contribution >= 4 is 16.8 Å². The number of hydrogen-bond acceptors (Lipinski definition) is 3. The first-order valence-electron chi connectivity index (χ1n) is 9.05. The van der Waals surface area contributed by atoms with Crippen LogP contribution in [0.15, 0.2) is 0 Å². The average molecular weight is 332 g/mol. The predicted octanol–water partition coefficient (Wildman–Crippen LogP) is 4.32. The van der Waals surface area contributed by atoms with E-state index < -0.39 is 16.8 Å².